The highest BCUT2D eigenvalue weighted by Gasteiger charge is 2.24. The molecule has 2 amide bonds. The number of nitrogens with one attached hydrogen (secondary N) is 2. The normalized spacial score (nSPS) is 14.7. The molecule has 0 saturated carbocycles. The van der Waals surface area contributed by atoms with Crippen molar-refractivity contribution in [2.45, 2.75) is 53.1 Å². The van der Waals surface area contributed by atoms with Crippen molar-refractivity contribution in [1.82, 2.24) is 10.6 Å². The number of amides is 2. The molecule has 0 aliphatic carbocycles. The van der Waals surface area contributed by atoms with Gasteiger partial charge in [0, 0.05) is 11.6 Å². The Morgan fingerprint density at radius 1 is 1.24 bits per heavy atom. The van der Waals surface area contributed by atoms with E-state index in [2.05, 4.69) is 10.6 Å². The molecule has 17 heavy (non-hydrogen) atoms. The molecule has 0 aromatic rings. The molecule has 0 heterocycles. The van der Waals surface area contributed by atoms with Gasteiger partial charge in [0.1, 0.15) is 0 Å². The van der Waals surface area contributed by atoms with Crippen LogP contribution in [0.3, 0.4) is 0 Å². The molecule has 2 N–H and O–H groups in total. The van der Waals surface area contributed by atoms with Gasteiger partial charge in [-0.25, -0.2) is 4.79 Å². The minimum absolute atomic E-state index is 0.267. The van der Waals surface area contributed by atoms with Gasteiger partial charge in [0.25, 0.3) is 0 Å². The molecule has 5 heteroatoms. The van der Waals surface area contributed by atoms with E-state index in [0.29, 0.717) is 6.61 Å². The number of esters is 1. The summed E-state index contributed by atoms with van der Waals surface area (Å²) in [6.07, 6.45) is 0. The fraction of sp³-hybridized carbons (Fsp3) is 0.833. The van der Waals surface area contributed by atoms with Crippen molar-refractivity contribution in [1.29, 1.82) is 0 Å². The molecule has 0 unspecified atom stereocenters. The fourth-order valence-electron chi connectivity index (χ4n) is 1.19. The molecule has 0 radical (unpaired) electrons. The average Bonchev–Trinajstić information content (AvgIpc) is 2.13. The molecule has 2 atom stereocenters. The van der Waals surface area contributed by atoms with Crippen LogP contribution in [0.15, 0.2) is 0 Å². The molecule has 0 aromatic heterocycles. The van der Waals surface area contributed by atoms with Crippen molar-refractivity contribution in [3.63, 3.8) is 0 Å². The molecule has 0 spiro atoms. The van der Waals surface area contributed by atoms with E-state index in [0.717, 1.165) is 0 Å². The van der Waals surface area contributed by atoms with Crippen molar-refractivity contribution in [3.05, 3.63) is 0 Å². The molecular weight excluding hydrogens is 220 g/mol. The maximum Gasteiger partial charge on any atom is 0.315 e. The lowest BCUT2D eigenvalue weighted by molar-refractivity contribution is -0.148. The van der Waals surface area contributed by atoms with Gasteiger partial charge in [0.2, 0.25) is 0 Å². The first-order valence-electron chi connectivity index (χ1n) is 5.92. The average molecular weight is 244 g/mol. The molecule has 5 nitrogen and oxygen atoms in total. The van der Waals surface area contributed by atoms with E-state index in [-0.39, 0.29) is 29.5 Å². The summed E-state index contributed by atoms with van der Waals surface area (Å²) in [4.78, 5) is 23.0. The Morgan fingerprint density at radius 2 is 1.76 bits per heavy atom. The maximum atomic E-state index is 11.6. The van der Waals surface area contributed by atoms with Crippen molar-refractivity contribution < 1.29 is 14.3 Å². The van der Waals surface area contributed by atoms with Crippen molar-refractivity contribution in [2.24, 2.45) is 5.92 Å². The van der Waals surface area contributed by atoms with Crippen LogP contribution >= 0.6 is 0 Å². The molecule has 100 valence electrons. The highest BCUT2D eigenvalue weighted by Crippen LogP contribution is 2.06. The Bertz CT molecular complexity index is 271. The maximum absolute atomic E-state index is 11.6. The van der Waals surface area contributed by atoms with E-state index < -0.39 is 0 Å². The molecular formula is C12H24N2O3. The number of hydrogen-bond donors (Lipinski definition) is 2. The van der Waals surface area contributed by atoms with Crippen LogP contribution in [0.25, 0.3) is 0 Å². The van der Waals surface area contributed by atoms with Gasteiger partial charge in [0.05, 0.1) is 12.5 Å². The molecule has 0 bridgehead atoms. The van der Waals surface area contributed by atoms with Crippen LogP contribution in [-0.2, 0) is 9.53 Å². The van der Waals surface area contributed by atoms with Crippen LogP contribution in [0.4, 0.5) is 4.79 Å². The Kier molecular flexibility index (Phi) is 5.99. The van der Waals surface area contributed by atoms with Gasteiger partial charge in [-0.1, -0.05) is 0 Å². The van der Waals surface area contributed by atoms with E-state index in [1.54, 1.807) is 20.8 Å². The zero-order chi connectivity index (χ0) is 13.6. The predicted molar refractivity (Wildman–Crippen MR) is 66.7 cm³/mol. The monoisotopic (exact) mass is 244 g/mol. The van der Waals surface area contributed by atoms with Crippen molar-refractivity contribution >= 4 is 12.0 Å². The summed E-state index contributed by atoms with van der Waals surface area (Å²) >= 11 is 0. The largest absolute Gasteiger partial charge is 0.466 e. The van der Waals surface area contributed by atoms with Gasteiger partial charge >= 0.3 is 12.0 Å². The molecule has 0 saturated heterocycles. The predicted octanol–water partition coefficient (Wildman–Crippen LogP) is 1.67. The van der Waals surface area contributed by atoms with E-state index in [9.17, 15) is 9.59 Å². The van der Waals surface area contributed by atoms with Crippen LogP contribution in [0.2, 0.25) is 0 Å². The van der Waals surface area contributed by atoms with Crippen LogP contribution < -0.4 is 10.6 Å². The number of hydrogen-bond acceptors (Lipinski definition) is 3. The first kappa shape index (κ1) is 15.7. The number of carbonyl (C=O) groups is 2. The van der Waals surface area contributed by atoms with Gasteiger partial charge in [-0.05, 0) is 41.5 Å². The van der Waals surface area contributed by atoms with Crippen molar-refractivity contribution in [2.75, 3.05) is 6.61 Å². The molecule has 0 aliphatic heterocycles. The lowest BCUT2D eigenvalue weighted by Gasteiger charge is -2.24. The number of carbonyl (C=O) groups excluding carboxylic acids is 2. The minimum Gasteiger partial charge on any atom is -0.466 e. The summed E-state index contributed by atoms with van der Waals surface area (Å²) in [5, 5.41) is 5.50. The quantitative estimate of drug-likeness (QED) is 0.739. The van der Waals surface area contributed by atoms with Crippen LogP contribution in [0.1, 0.15) is 41.5 Å². The Balaban J connectivity index is 4.20. The second kappa shape index (κ2) is 6.47. The van der Waals surface area contributed by atoms with E-state index in [4.69, 9.17) is 4.74 Å². The van der Waals surface area contributed by atoms with Gasteiger partial charge in [-0.15, -0.1) is 0 Å². The number of rotatable bonds is 4. The Labute approximate surface area is 103 Å². The first-order valence-corrected chi connectivity index (χ1v) is 5.92. The third kappa shape index (κ3) is 6.81. The lowest BCUT2D eigenvalue weighted by atomic mass is 10.0. The summed E-state index contributed by atoms with van der Waals surface area (Å²) in [5.41, 5.74) is -0.295. The van der Waals surface area contributed by atoms with Gasteiger partial charge < -0.3 is 15.4 Å². The summed E-state index contributed by atoms with van der Waals surface area (Å²) in [7, 11) is 0. The molecule has 0 aromatic carbocycles. The number of urea groups is 1. The highest BCUT2D eigenvalue weighted by atomic mass is 16.5. The highest BCUT2D eigenvalue weighted by molar-refractivity contribution is 5.77. The van der Waals surface area contributed by atoms with E-state index in [1.807, 2.05) is 20.8 Å². The molecule has 0 aliphatic rings. The standard InChI is InChI=1S/C12H24N2O3/c1-7-17-10(15)8(2)9(3)13-11(16)14-12(4,5)6/h8-9H,7H2,1-6H3,(H2,13,14,16)/t8-,9+/m1/s1. The second-order valence-corrected chi connectivity index (χ2v) is 5.18. The smallest absolute Gasteiger partial charge is 0.315 e. The second-order valence-electron chi connectivity index (χ2n) is 5.18. The summed E-state index contributed by atoms with van der Waals surface area (Å²) in [6.45, 7) is 11.3. The van der Waals surface area contributed by atoms with Gasteiger partial charge in [-0.2, -0.15) is 0 Å². The zero-order valence-electron chi connectivity index (χ0n) is 11.6. The third-order valence-corrected chi connectivity index (χ3v) is 2.26. The SMILES string of the molecule is CCOC(=O)[C@H](C)[C@H](C)NC(=O)NC(C)(C)C. The van der Waals surface area contributed by atoms with Crippen molar-refractivity contribution in [3.8, 4) is 0 Å². The summed E-state index contributed by atoms with van der Waals surface area (Å²) in [5.74, 6) is -0.656. The van der Waals surface area contributed by atoms with Gasteiger partial charge in [0.15, 0.2) is 0 Å². The minimum atomic E-state index is -0.360. The van der Waals surface area contributed by atoms with Gasteiger partial charge in [-0.3, -0.25) is 4.79 Å². The van der Waals surface area contributed by atoms with E-state index >= 15 is 0 Å². The summed E-state index contributed by atoms with van der Waals surface area (Å²) in [6, 6.07) is -0.544. The third-order valence-electron chi connectivity index (χ3n) is 2.26. The fourth-order valence-corrected chi connectivity index (χ4v) is 1.19. The Hall–Kier alpha value is -1.26. The lowest BCUT2D eigenvalue weighted by Crippen LogP contribution is -2.51. The zero-order valence-corrected chi connectivity index (χ0v) is 11.6. The first-order chi connectivity index (χ1) is 7.67. The van der Waals surface area contributed by atoms with Crippen LogP contribution in [0, 0.1) is 5.92 Å². The molecule has 0 rings (SSSR count). The van der Waals surface area contributed by atoms with E-state index in [1.165, 1.54) is 0 Å². The summed E-state index contributed by atoms with van der Waals surface area (Å²) < 4.78 is 4.90. The Morgan fingerprint density at radius 3 is 2.18 bits per heavy atom. The topological polar surface area (TPSA) is 67.4 Å². The number of ether oxygens (including phenoxy) is 1. The van der Waals surface area contributed by atoms with Crippen LogP contribution in [-0.4, -0.2) is 30.2 Å². The van der Waals surface area contributed by atoms with Crippen LogP contribution in [0.5, 0.6) is 0 Å². The molecule has 0 fully saturated rings.